The molecule has 3 heterocycles. The maximum atomic E-state index is 13.7. The van der Waals surface area contributed by atoms with Gasteiger partial charge >= 0.3 is 0 Å². The molecule has 0 radical (unpaired) electrons. The summed E-state index contributed by atoms with van der Waals surface area (Å²) in [7, 11) is 0. The van der Waals surface area contributed by atoms with Crippen molar-refractivity contribution in [3.63, 3.8) is 0 Å². The van der Waals surface area contributed by atoms with E-state index in [2.05, 4.69) is 15.7 Å². The first-order chi connectivity index (χ1) is 14.1. The molecule has 0 bridgehead atoms. The van der Waals surface area contributed by atoms with Gasteiger partial charge in [0.1, 0.15) is 11.6 Å². The summed E-state index contributed by atoms with van der Waals surface area (Å²) in [5, 5.41) is 21.4. The highest BCUT2D eigenvalue weighted by Gasteiger charge is 2.32. The van der Waals surface area contributed by atoms with Crippen molar-refractivity contribution < 1.29 is 9.50 Å². The van der Waals surface area contributed by atoms with Crippen LogP contribution in [0.3, 0.4) is 0 Å². The maximum Gasteiger partial charge on any atom is 0.161 e. The standard InChI is InChI=1S/C21H25FN6O/c22-13-2-1-3-14(8-13)26-19-9-17(20(23)15-6-7-24-11-18(15)29)27-21-16(12-4-5-12)10-25-28(19)21/h1-3,8-10,12,15,18,20,24,26,29H,4-7,11,23H2/t15-,18-,20?/m0/s1. The van der Waals surface area contributed by atoms with Gasteiger partial charge in [-0.3, -0.25) is 0 Å². The number of aliphatic hydroxyl groups is 1. The van der Waals surface area contributed by atoms with E-state index in [-0.39, 0.29) is 11.7 Å². The number of benzene rings is 1. The first kappa shape index (κ1) is 18.5. The van der Waals surface area contributed by atoms with Crippen molar-refractivity contribution in [1.29, 1.82) is 0 Å². The van der Waals surface area contributed by atoms with E-state index >= 15 is 0 Å². The molecule has 2 aliphatic rings. The Hall–Kier alpha value is -2.55. The van der Waals surface area contributed by atoms with Crippen LogP contribution in [0.15, 0.2) is 36.5 Å². The molecular weight excluding hydrogens is 371 g/mol. The van der Waals surface area contributed by atoms with Crippen LogP contribution in [-0.2, 0) is 0 Å². The average molecular weight is 396 g/mol. The zero-order chi connectivity index (χ0) is 20.0. The monoisotopic (exact) mass is 396 g/mol. The Kier molecular flexibility index (Phi) is 4.69. The largest absolute Gasteiger partial charge is 0.391 e. The summed E-state index contributed by atoms with van der Waals surface area (Å²) >= 11 is 0. The number of piperidine rings is 1. The first-order valence-corrected chi connectivity index (χ1v) is 10.2. The number of aliphatic hydroxyl groups excluding tert-OH is 1. The van der Waals surface area contributed by atoms with E-state index in [9.17, 15) is 9.50 Å². The van der Waals surface area contributed by atoms with Gasteiger partial charge in [-0.1, -0.05) is 6.07 Å². The number of nitrogens with one attached hydrogen (secondary N) is 2. The molecule has 2 aromatic heterocycles. The maximum absolute atomic E-state index is 13.7. The number of aromatic nitrogens is 3. The average Bonchev–Trinajstić information content (AvgIpc) is 3.46. The van der Waals surface area contributed by atoms with E-state index in [0.717, 1.165) is 37.0 Å². The van der Waals surface area contributed by atoms with Crippen LogP contribution in [0.2, 0.25) is 0 Å². The van der Waals surface area contributed by atoms with Crippen LogP contribution < -0.4 is 16.4 Å². The lowest BCUT2D eigenvalue weighted by Gasteiger charge is -2.32. The summed E-state index contributed by atoms with van der Waals surface area (Å²) in [6.45, 7) is 1.36. The summed E-state index contributed by atoms with van der Waals surface area (Å²) in [5.41, 5.74) is 9.82. The summed E-state index contributed by atoms with van der Waals surface area (Å²) in [5.74, 6) is 0.786. The predicted molar refractivity (Wildman–Crippen MR) is 109 cm³/mol. The zero-order valence-electron chi connectivity index (χ0n) is 16.1. The number of β-amino-alcohol motifs (C(OH)–C–C–N with tert-alkyl or cyclic N) is 1. The number of nitrogens with two attached hydrogens (primary N) is 1. The van der Waals surface area contributed by atoms with Gasteiger partial charge < -0.3 is 21.5 Å². The van der Waals surface area contributed by atoms with Gasteiger partial charge in [-0.25, -0.2) is 9.37 Å². The molecule has 8 heteroatoms. The molecule has 1 saturated heterocycles. The fourth-order valence-corrected chi connectivity index (χ4v) is 4.16. The highest BCUT2D eigenvalue weighted by Crippen LogP contribution is 2.42. The summed E-state index contributed by atoms with van der Waals surface area (Å²) < 4.78 is 15.4. The van der Waals surface area contributed by atoms with Gasteiger partial charge in [0.2, 0.25) is 0 Å². The second-order valence-corrected chi connectivity index (χ2v) is 8.06. The van der Waals surface area contributed by atoms with E-state index in [4.69, 9.17) is 10.7 Å². The zero-order valence-corrected chi connectivity index (χ0v) is 16.1. The number of anilines is 2. The Morgan fingerprint density at radius 1 is 1.28 bits per heavy atom. The molecule has 29 heavy (non-hydrogen) atoms. The molecule has 1 saturated carbocycles. The lowest BCUT2D eigenvalue weighted by Crippen LogP contribution is -2.45. The molecule has 3 aromatic rings. The van der Waals surface area contributed by atoms with Crippen LogP contribution in [0.4, 0.5) is 15.9 Å². The summed E-state index contributed by atoms with van der Waals surface area (Å²) in [6, 6.07) is 7.78. The van der Waals surface area contributed by atoms with E-state index < -0.39 is 12.1 Å². The van der Waals surface area contributed by atoms with Gasteiger partial charge in [-0.05, 0) is 49.9 Å². The van der Waals surface area contributed by atoms with E-state index in [1.165, 1.54) is 12.1 Å². The van der Waals surface area contributed by atoms with Crippen molar-refractivity contribution in [2.24, 2.45) is 11.7 Å². The second-order valence-electron chi connectivity index (χ2n) is 8.06. The third-order valence-corrected chi connectivity index (χ3v) is 5.94. The Morgan fingerprint density at radius 2 is 2.14 bits per heavy atom. The Balaban J connectivity index is 1.57. The predicted octanol–water partition coefficient (Wildman–Crippen LogP) is 2.46. The van der Waals surface area contributed by atoms with Crippen molar-refractivity contribution in [2.45, 2.75) is 37.3 Å². The van der Waals surface area contributed by atoms with Crippen LogP contribution in [-0.4, -0.2) is 38.9 Å². The molecule has 1 aliphatic carbocycles. The van der Waals surface area contributed by atoms with Crippen molar-refractivity contribution in [2.75, 3.05) is 18.4 Å². The molecule has 2 fully saturated rings. The Labute approximate surface area is 168 Å². The van der Waals surface area contributed by atoms with Crippen molar-refractivity contribution >= 4 is 17.2 Å². The normalized spacial score (nSPS) is 23.3. The van der Waals surface area contributed by atoms with Crippen LogP contribution in [0.5, 0.6) is 0 Å². The molecule has 5 rings (SSSR count). The van der Waals surface area contributed by atoms with Crippen molar-refractivity contribution in [3.8, 4) is 0 Å². The Bertz CT molecular complexity index is 1030. The van der Waals surface area contributed by atoms with Crippen LogP contribution in [0, 0.1) is 11.7 Å². The molecule has 1 aliphatic heterocycles. The molecule has 1 unspecified atom stereocenters. The minimum atomic E-state index is -0.510. The van der Waals surface area contributed by atoms with Crippen LogP contribution >= 0.6 is 0 Å². The van der Waals surface area contributed by atoms with E-state index in [1.54, 1.807) is 16.6 Å². The molecule has 0 amide bonds. The topological polar surface area (TPSA) is 100 Å². The van der Waals surface area contributed by atoms with E-state index in [0.29, 0.717) is 29.7 Å². The second kappa shape index (κ2) is 7.37. The van der Waals surface area contributed by atoms with Gasteiger partial charge in [-0.15, -0.1) is 0 Å². The molecule has 5 N–H and O–H groups in total. The minimum absolute atomic E-state index is 0.0690. The lowest BCUT2D eigenvalue weighted by molar-refractivity contribution is 0.0666. The first-order valence-electron chi connectivity index (χ1n) is 10.2. The van der Waals surface area contributed by atoms with Gasteiger partial charge in [0.25, 0.3) is 0 Å². The summed E-state index contributed by atoms with van der Waals surface area (Å²) in [4.78, 5) is 4.86. The number of fused-ring (bicyclic) bond motifs is 1. The highest BCUT2D eigenvalue weighted by molar-refractivity contribution is 5.62. The van der Waals surface area contributed by atoms with Gasteiger partial charge in [-0.2, -0.15) is 9.61 Å². The highest BCUT2D eigenvalue weighted by atomic mass is 19.1. The number of halogens is 1. The number of rotatable bonds is 5. The SMILES string of the molecule is NC(c1cc(Nc2cccc(F)c2)n2ncc(C3CC3)c2n1)[C@H]1CCNC[C@@H]1O. The Morgan fingerprint density at radius 3 is 2.90 bits per heavy atom. The molecule has 0 spiro atoms. The third-order valence-electron chi connectivity index (χ3n) is 5.94. The third kappa shape index (κ3) is 3.59. The van der Waals surface area contributed by atoms with Crippen LogP contribution in [0.25, 0.3) is 5.65 Å². The van der Waals surface area contributed by atoms with Gasteiger partial charge in [0, 0.05) is 29.8 Å². The fourth-order valence-electron chi connectivity index (χ4n) is 4.16. The number of nitrogens with zero attached hydrogens (tertiary/aromatic N) is 3. The molecule has 1 aromatic carbocycles. The molecule has 152 valence electrons. The molecule has 7 nitrogen and oxygen atoms in total. The smallest absolute Gasteiger partial charge is 0.161 e. The molecule has 3 atom stereocenters. The van der Waals surface area contributed by atoms with E-state index in [1.807, 2.05) is 12.3 Å². The van der Waals surface area contributed by atoms with Crippen LogP contribution in [0.1, 0.15) is 42.5 Å². The number of hydrogen-bond acceptors (Lipinski definition) is 6. The molecular formula is C21H25FN6O. The quantitative estimate of drug-likeness (QED) is 0.529. The van der Waals surface area contributed by atoms with Gasteiger partial charge in [0.15, 0.2) is 5.65 Å². The van der Waals surface area contributed by atoms with Crippen molar-refractivity contribution in [1.82, 2.24) is 19.9 Å². The lowest BCUT2D eigenvalue weighted by atomic mass is 9.86. The fraction of sp³-hybridized carbons (Fsp3) is 0.429. The number of hydrogen-bond donors (Lipinski definition) is 4. The summed E-state index contributed by atoms with van der Waals surface area (Å²) in [6.07, 6.45) is 4.42. The van der Waals surface area contributed by atoms with Crippen molar-refractivity contribution in [3.05, 3.63) is 53.6 Å². The van der Waals surface area contributed by atoms with Gasteiger partial charge in [0.05, 0.1) is 24.0 Å². The minimum Gasteiger partial charge on any atom is -0.391 e.